The van der Waals surface area contributed by atoms with Crippen LogP contribution >= 0.6 is 24.0 Å². The summed E-state index contributed by atoms with van der Waals surface area (Å²) in [7, 11) is 0. The van der Waals surface area contributed by atoms with Crippen molar-refractivity contribution in [3.63, 3.8) is 0 Å². The summed E-state index contributed by atoms with van der Waals surface area (Å²) in [4.78, 5) is 28.0. The van der Waals surface area contributed by atoms with E-state index in [2.05, 4.69) is 5.32 Å². The van der Waals surface area contributed by atoms with E-state index >= 15 is 0 Å². The summed E-state index contributed by atoms with van der Waals surface area (Å²) in [5.41, 5.74) is 3.95. The van der Waals surface area contributed by atoms with Gasteiger partial charge in [0.15, 0.2) is 4.32 Å². The van der Waals surface area contributed by atoms with Crippen molar-refractivity contribution >= 4 is 68.5 Å². The van der Waals surface area contributed by atoms with E-state index in [0.29, 0.717) is 14.9 Å². The fraction of sp³-hybridized carbons (Fsp3) is 0.0741. The van der Waals surface area contributed by atoms with Crippen LogP contribution in [0.2, 0.25) is 0 Å². The van der Waals surface area contributed by atoms with Crippen LogP contribution in [0.1, 0.15) is 11.1 Å². The molecule has 0 atom stereocenters. The van der Waals surface area contributed by atoms with Crippen LogP contribution in [0.5, 0.6) is 0 Å². The molecule has 4 aromatic rings. The van der Waals surface area contributed by atoms with Crippen LogP contribution in [0.4, 0.5) is 15.8 Å². The van der Waals surface area contributed by atoms with Crippen LogP contribution in [0, 0.1) is 12.7 Å². The number of hydrogen-bond donors (Lipinski definition) is 1. The van der Waals surface area contributed by atoms with Crippen molar-refractivity contribution in [2.24, 2.45) is 0 Å². The standard InChI is InChI=1S/C27H20FN3O2S2/c1-17-6-2-4-8-22(17)31-26(33)24(35-27(31)34)14-18-15-30(23-9-5-3-7-21(18)23)16-25(32)29-20-12-10-19(28)11-13-20/h2-15H,16H2,1H3,(H,29,32). The van der Waals surface area contributed by atoms with Gasteiger partial charge >= 0.3 is 0 Å². The summed E-state index contributed by atoms with van der Waals surface area (Å²) < 4.78 is 15.5. The Bertz CT molecular complexity index is 1510. The van der Waals surface area contributed by atoms with Crippen LogP contribution < -0.4 is 10.2 Å². The number of nitrogens with one attached hydrogen (secondary N) is 1. The maximum atomic E-state index is 13.3. The number of benzene rings is 3. The average Bonchev–Trinajstić information content (AvgIpc) is 3.32. The second-order valence-electron chi connectivity index (χ2n) is 8.09. The lowest BCUT2D eigenvalue weighted by Gasteiger charge is -2.16. The number of aromatic nitrogens is 1. The highest BCUT2D eigenvalue weighted by molar-refractivity contribution is 8.27. The van der Waals surface area contributed by atoms with Crippen LogP contribution in [0.25, 0.3) is 17.0 Å². The van der Waals surface area contributed by atoms with E-state index in [-0.39, 0.29) is 24.2 Å². The zero-order chi connectivity index (χ0) is 24.5. The molecule has 1 saturated heterocycles. The Balaban J connectivity index is 1.44. The molecule has 5 rings (SSSR count). The Kier molecular flexibility index (Phi) is 6.23. The molecule has 2 amide bonds. The number of thioether (sulfide) groups is 1. The molecule has 1 aliphatic rings. The van der Waals surface area contributed by atoms with Gasteiger partial charge in [0.1, 0.15) is 12.4 Å². The van der Waals surface area contributed by atoms with Gasteiger partial charge < -0.3 is 9.88 Å². The molecule has 0 radical (unpaired) electrons. The number of rotatable bonds is 5. The Morgan fingerprint density at radius 1 is 1.06 bits per heavy atom. The maximum Gasteiger partial charge on any atom is 0.270 e. The van der Waals surface area contributed by atoms with Crippen molar-refractivity contribution in [3.05, 3.63) is 101 Å². The summed E-state index contributed by atoms with van der Waals surface area (Å²) in [5.74, 6) is -0.771. The quantitative estimate of drug-likeness (QED) is 0.264. The maximum absolute atomic E-state index is 13.3. The average molecular weight is 502 g/mol. The summed E-state index contributed by atoms with van der Waals surface area (Å²) in [6, 6.07) is 21.0. The molecule has 174 valence electrons. The lowest BCUT2D eigenvalue weighted by Crippen LogP contribution is -2.28. The Morgan fingerprint density at radius 3 is 2.54 bits per heavy atom. The van der Waals surface area contributed by atoms with E-state index in [1.165, 1.54) is 36.0 Å². The highest BCUT2D eigenvalue weighted by Gasteiger charge is 2.34. The van der Waals surface area contributed by atoms with Crippen molar-refractivity contribution in [2.45, 2.75) is 13.5 Å². The molecule has 2 heterocycles. The van der Waals surface area contributed by atoms with E-state index in [1.807, 2.05) is 72.3 Å². The Morgan fingerprint density at radius 2 is 1.77 bits per heavy atom. The van der Waals surface area contributed by atoms with Gasteiger partial charge in [0, 0.05) is 28.4 Å². The Labute approximate surface area is 211 Å². The molecule has 3 aromatic carbocycles. The van der Waals surface area contributed by atoms with Crippen LogP contribution in [-0.4, -0.2) is 20.7 Å². The fourth-order valence-electron chi connectivity index (χ4n) is 4.04. The number of halogens is 1. The van der Waals surface area contributed by atoms with E-state index in [0.717, 1.165) is 27.7 Å². The van der Waals surface area contributed by atoms with Gasteiger partial charge in [0.2, 0.25) is 5.91 Å². The van der Waals surface area contributed by atoms with Crippen LogP contribution in [0.15, 0.2) is 83.9 Å². The van der Waals surface area contributed by atoms with Crippen molar-refractivity contribution in [3.8, 4) is 0 Å². The van der Waals surface area contributed by atoms with Gasteiger partial charge in [-0.3, -0.25) is 14.5 Å². The second kappa shape index (κ2) is 9.48. The third-order valence-corrected chi connectivity index (χ3v) is 7.00. The number of thiocarbonyl (C=S) groups is 1. The minimum atomic E-state index is -0.364. The van der Waals surface area contributed by atoms with Gasteiger partial charge in [-0.25, -0.2) is 4.39 Å². The van der Waals surface area contributed by atoms with Crippen molar-refractivity contribution in [1.29, 1.82) is 0 Å². The van der Waals surface area contributed by atoms with Gasteiger partial charge in [0.05, 0.1) is 10.6 Å². The number of carbonyl (C=O) groups is 2. The Hall–Kier alpha value is -3.75. The van der Waals surface area contributed by atoms with Gasteiger partial charge in [-0.1, -0.05) is 60.4 Å². The van der Waals surface area contributed by atoms with Crippen molar-refractivity contribution < 1.29 is 14.0 Å². The molecular weight excluding hydrogens is 481 g/mol. The first-order chi connectivity index (χ1) is 16.9. The van der Waals surface area contributed by atoms with E-state index < -0.39 is 0 Å². The van der Waals surface area contributed by atoms with Crippen LogP contribution in [0.3, 0.4) is 0 Å². The van der Waals surface area contributed by atoms with Gasteiger partial charge in [-0.15, -0.1) is 0 Å². The zero-order valence-electron chi connectivity index (χ0n) is 18.7. The molecule has 1 fully saturated rings. The smallest absolute Gasteiger partial charge is 0.270 e. The number of anilines is 2. The summed E-state index contributed by atoms with van der Waals surface area (Å²) in [5, 5.41) is 3.70. The molecule has 8 heteroatoms. The minimum Gasteiger partial charge on any atom is -0.337 e. The number of hydrogen-bond acceptors (Lipinski definition) is 4. The topological polar surface area (TPSA) is 54.3 Å². The van der Waals surface area contributed by atoms with Crippen molar-refractivity contribution in [1.82, 2.24) is 4.57 Å². The van der Waals surface area contributed by atoms with Crippen molar-refractivity contribution in [2.75, 3.05) is 10.2 Å². The molecule has 0 saturated carbocycles. The fourth-order valence-corrected chi connectivity index (χ4v) is 5.32. The molecule has 0 bridgehead atoms. The summed E-state index contributed by atoms with van der Waals surface area (Å²) >= 11 is 6.79. The van der Waals surface area contributed by atoms with Gasteiger partial charge in [-0.05, 0) is 55.0 Å². The van der Waals surface area contributed by atoms with E-state index in [4.69, 9.17) is 12.2 Å². The minimum absolute atomic E-state index is 0.0654. The van der Waals surface area contributed by atoms with E-state index in [9.17, 15) is 14.0 Å². The first-order valence-electron chi connectivity index (χ1n) is 10.9. The largest absolute Gasteiger partial charge is 0.337 e. The van der Waals surface area contributed by atoms with Gasteiger partial charge in [-0.2, -0.15) is 0 Å². The summed E-state index contributed by atoms with van der Waals surface area (Å²) in [6.45, 7) is 2.01. The number of carbonyl (C=O) groups excluding carboxylic acids is 2. The normalized spacial score (nSPS) is 14.8. The SMILES string of the molecule is Cc1ccccc1N1C(=O)C(=Cc2cn(CC(=O)Nc3ccc(F)cc3)c3ccccc23)SC1=S. The molecule has 5 nitrogen and oxygen atoms in total. The van der Waals surface area contributed by atoms with Crippen LogP contribution in [-0.2, 0) is 16.1 Å². The molecular formula is C27H20FN3O2S2. The first-order valence-corrected chi connectivity index (χ1v) is 12.1. The molecule has 0 spiro atoms. The lowest BCUT2D eigenvalue weighted by atomic mass is 10.1. The third-order valence-electron chi connectivity index (χ3n) is 5.70. The predicted octanol–water partition coefficient (Wildman–Crippen LogP) is 6.13. The molecule has 0 aliphatic carbocycles. The number of para-hydroxylation sites is 2. The number of nitrogens with zero attached hydrogens (tertiary/aromatic N) is 2. The monoisotopic (exact) mass is 501 g/mol. The molecule has 1 aromatic heterocycles. The second-order valence-corrected chi connectivity index (χ2v) is 9.76. The molecule has 0 unspecified atom stereocenters. The summed E-state index contributed by atoms with van der Waals surface area (Å²) in [6.07, 6.45) is 3.68. The number of amides is 2. The highest BCUT2D eigenvalue weighted by atomic mass is 32.2. The lowest BCUT2D eigenvalue weighted by molar-refractivity contribution is -0.116. The molecule has 1 aliphatic heterocycles. The zero-order valence-corrected chi connectivity index (χ0v) is 20.3. The van der Waals surface area contributed by atoms with Gasteiger partial charge in [0.25, 0.3) is 5.91 Å². The first kappa shape index (κ1) is 23.0. The van der Waals surface area contributed by atoms with E-state index in [1.54, 1.807) is 4.90 Å². The third kappa shape index (κ3) is 4.62. The number of fused-ring (bicyclic) bond motifs is 1. The predicted molar refractivity (Wildman–Crippen MR) is 144 cm³/mol. The number of aryl methyl sites for hydroxylation is 1. The highest BCUT2D eigenvalue weighted by Crippen LogP contribution is 2.38. The molecule has 35 heavy (non-hydrogen) atoms. The molecule has 1 N–H and O–H groups in total.